The normalized spacial score (nSPS) is 11.4. The number of nitrogens with zero attached hydrogens (tertiary/aromatic N) is 6. The summed E-state index contributed by atoms with van der Waals surface area (Å²) >= 11 is 25.5. The molecule has 0 bridgehead atoms. The molecule has 0 aliphatic heterocycles. The first-order chi connectivity index (χ1) is 54.8. The predicted octanol–water partition coefficient (Wildman–Crippen LogP) is 30.4. The third-order valence-corrected chi connectivity index (χ3v) is 22.2. The third kappa shape index (κ3) is 12.7. The monoisotopic (exact) mass is 1480 g/mol. The molecule has 0 amide bonds. The molecule has 0 atom stereocenters. The number of hydrogen-bond acceptors (Lipinski definition) is 4. The first-order valence-electron chi connectivity index (χ1n) is 37.2. The van der Waals surface area contributed by atoms with Crippen molar-refractivity contribution in [2.75, 3.05) is 19.6 Å². The number of anilines is 12. The molecule has 2 aromatic heterocycles. The molecule has 0 saturated heterocycles. The molecule has 0 saturated carbocycles. The van der Waals surface area contributed by atoms with Gasteiger partial charge in [0.1, 0.15) is 0 Å². The highest BCUT2D eigenvalue weighted by atomic mass is 35.5. The summed E-state index contributed by atoms with van der Waals surface area (Å²) in [6, 6.07) is 148. The Bertz CT molecular complexity index is 5950. The molecule has 19 rings (SSSR count). The largest absolute Gasteiger partial charge is 0.310 e. The lowest BCUT2D eigenvalue weighted by Gasteiger charge is -2.33. The molecule has 0 spiro atoms. The van der Waals surface area contributed by atoms with Crippen molar-refractivity contribution < 1.29 is 0 Å². The fourth-order valence-corrected chi connectivity index (χ4v) is 16.8. The fraction of sp³-hybridized carbons (Fsp3) is 0. The van der Waals surface area contributed by atoms with Gasteiger partial charge >= 0.3 is 0 Å². The minimum absolute atomic E-state index is 0.430. The van der Waals surface area contributed by atoms with E-state index in [1.54, 1.807) is 0 Å². The maximum absolute atomic E-state index is 8.64. The number of rotatable bonds is 18. The van der Waals surface area contributed by atoms with Crippen LogP contribution < -0.4 is 19.6 Å². The maximum atomic E-state index is 8.64. The van der Waals surface area contributed by atoms with E-state index < -0.39 is 0 Å². The molecule has 0 aliphatic rings. The number of benzene rings is 17. The molecule has 6 nitrogen and oxygen atoms in total. The Kier molecular flexibility index (Phi) is 18.1. The van der Waals surface area contributed by atoms with E-state index in [9.17, 15) is 0 Å². The molecule has 17 aromatic carbocycles. The summed E-state index contributed by atoms with van der Waals surface area (Å²) in [5.41, 5.74) is 24.8. The predicted molar refractivity (Wildman–Crippen MR) is 471 cm³/mol. The zero-order valence-corrected chi connectivity index (χ0v) is 62.4. The number of hydrogen-bond donors (Lipinski definition) is 0. The van der Waals surface area contributed by atoms with Crippen molar-refractivity contribution in [1.29, 1.82) is 0 Å². The molecular formula is C102H69Cl3N6. The summed E-state index contributed by atoms with van der Waals surface area (Å²) < 4.78 is 4.64. The molecule has 0 fully saturated rings. The van der Waals surface area contributed by atoms with Crippen LogP contribution in [0.1, 0.15) is 0 Å². The molecule has 0 aliphatic carbocycles. The van der Waals surface area contributed by atoms with Gasteiger partial charge in [0, 0.05) is 67.0 Å². The number of para-hydroxylation sites is 4. The smallest absolute Gasteiger partial charge is 0.0887 e. The van der Waals surface area contributed by atoms with E-state index in [1.165, 1.54) is 0 Å². The van der Waals surface area contributed by atoms with Gasteiger partial charge in [0.05, 0.1) is 71.3 Å². The van der Waals surface area contributed by atoms with E-state index in [0.29, 0.717) is 37.8 Å². The van der Waals surface area contributed by atoms with E-state index in [4.69, 9.17) is 34.8 Å². The summed E-state index contributed by atoms with van der Waals surface area (Å²) in [5.74, 6) is 0. The molecule has 2 heterocycles. The van der Waals surface area contributed by atoms with Crippen LogP contribution >= 0.6 is 34.8 Å². The lowest BCUT2D eigenvalue weighted by Crippen LogP contribution is -2.17. The van der Waals surface area contributed by atoms with E-state index in [0.717, 1.165) is 145 Å². The van der Waals surface area contributed by atoms with Crippen LogP contribution in [0.15, 0.2) is 419 Å². The summed E-state index contributed by atoms with van der Waals surface area (Å²) in [4.78, 5) is 9.00. The van der Waals surface area contributed by atoms with Crippen molar-refractivity contribution in [2.24, 2.45) is 0 Å². The van der Waals surface area contributed by atoms with Gasteiger partial charge in [-0.15, -0.1) is 0 Å². The van der Waals surface area contributed by atoms with Crippen molar-refractivity contribution in [1.82, 2.24) is 9.13 Å². The van der Waals surface area contributed by atoms with E-state index in [1.807, 2.05) is 0 Å². The minimum atomic E-state index is 0.430. The molecule has 0 unspecified atom stereocenters. The number of aromatic nitrogens is 2. The zero-order chi connectivity index (χ0) is 74.3. The van der Waals surface area contributed by atoms with Crippen LogP contribution in [0.25, 0.3) is 99.5 Å². The van der Waals surface area contributed by atoms with Gasteiger partial charge in [0.15, 0.2) is 0 Å². The molecule has 528 valence electrons. The lowest BCUT2D eigenvalue weighted by atomic mass is 10.0. The van der Waals surface area contributed by atoms with Gasteiger partial charge in [-0.25, -0.2) is 0 Å². The van der Waals surface area contributed by atoms with E-state index in [2.05, 4.69) is 447 Å². The highest BCUT2D eigenvalue weighted by Gasteiger charge is 2.30. The zero-order valence-electron chi connectivity index (χ0n) is 60.2. The summed E-state index contributed by atoms with van der Waals surface area (Å²) in [5, 5.41) is 5.84. The van der Waals surface area contributed by atoms with Crippen molar-refractivity contribution >= 4 is 147 Å². The van der Waals surface area contributed by atoms with Gasteiger partial charge in [0.25, 0.3) is 0 Å². The van der Waals surface area contributed by atoms with Crippen molar-refractivity contribution in [3.63, 3.8) is 0 Å². The highest BCUT2D eigenvalue weighted by Crippen LogP contribution is 2.54. The van der Waals surface area contributed by atoms with Gasteiger partial charge in [0.2, 0.25) is 0 Å². The van der Waals surface area contributed by atoms with Crippen molar-refractivity contribution in [2.45, 2.75) is 0 Å². The number of fused-ring (bicyclic) bond motifs is 6. The third-order valence-electron chi connectivity index (χ3n) is 21.0. The average Bonchev–Trinajstić information content (AvgIpc) is 1.55. The second kappa shape index (κ2) is 29.5. The molecule has 19 aromatic rings. The van der Waals surface area contributed by atoms with E-state index >= 15 is 0 Å². The highest BCUT2D eigenvalue weighted by molar-refractivity contribution is 6.39. The SMILES string of the molecule is Clc1c(N(c2cccc(N(c3ccccc3)c3ccccc3)c2)c2cccc(-n3c4ccc(-c5ccccc5)cc4c4cc(-c5ccccc5)ccc43)c2Cl)cccc1N(c1cccc(N(c2ccccc2)c2ccccc2)c1)c1cccc(-n2c3ccc(-c4ccccc4)cc3c3cc(-c4ccccc4)ccc32)c1Cl. The second-order valence-electron chi connectivity index (χ2n) is 27.6. The standard InChI is InChI=1S/C102H69Cl3N6/c103-100-94(108(84-48-25-46-82(68-84)106(78-38-17-5-18-39-78)79-40-19-6-20-41-79)96-52-28-54-98(101(96)104)110-90-60-56-74(70-30-9-1-10-31-70)64-86(90)87-65-75(57-61-91(87)110)71-32-11-2-12-33-71)50-27-51-95(100)109(85-49-26-47-83(69-85)107(80-42-21-7-22-43-80)81-44-23-8-24-45-81)97-53-29-55-99(102(97)105)111-92-62-58-76(72-34-13-3-14-35-72)66-88(92)89-67-77(59-63-93(89)111)73-36-15-4-16-37-73/h1-69H. The van der Waals surface area contributed by atoms with Crippen molar-refractivity contribution in [3.05, 3.63) is 434 Å². The van der Waals surface area contributed by atoms with Gasteiger partial charge < -0.3 is 28.7 Å². The van der Waals surface area contributed by atoms with E-state index in [-0.39, 0.29) is 0 Å². The Balaban J connectivity index is 0.844. The van der Waals surface area contributed by atoms with Crippen LogP contribution in [0.4, 0.5) is 68.2 Å². The minimum Gasteiger partial charge on any atom is -0.310 e. The molecule has 9 heteroatoms. The van der Waals surface area contributed by atoms with Gasteiger partial charge in [-0.3, -0.25) is 0 Å². The first kappa shape index (κ1) is 68.0. The van der Waals surface area contributed by atoms with Crippen LogP contribution in [0, 0.1) is 0 Å². The molecule has 0 N–H and O–H groups in total. The fourth-order valence-electron chi connectivity index (χ4n) is 15.9. The maximum Gasteiger partial charge on any atom is 0.0887 e. The van der Waals surface area contributed by atoms with Gasteiger partial charge in [-0.1, -0.05) is 284 Å². The summed E-state index contributed by atoms with van der Waals surface area (Å²) in [6.07, 6.45) is 0. The summed E-state index contributed by atoms with van der Waals surface area (Å²) in [7, 11) is 0. The number of halogens is 3. The molecule has 111 heavy (non-hydrogen) atoms. The lowest BCUT2D eigenvalue weighted by molar-refractivity contribution is 1.16. The Hall–Kier alpha value is -13.6. The second-order valence-corrected chi connectivity index (χ2v) is 28.8. The first-order valence-corrected chi connectivity index (χ1v) is 38.3. The van der Waals surface area contributed by atoms with Crippen LogP contribution in [-0.2, 0) is 0 Å². The average molecular weight is 1490 g/mol. The van der Waals surface area contributed by atoms with Crippen molar-refractivity contribution in [3.8, 4) is 55.9 Å². The topological polar surface area (TPSA) is 22.8 Å². The Morgan fingerprint density at radius 3 is 0.649 bits per heavy atom. The quantitative estimate of drug-likeness (QED) is 0.0854. The van der Waals surface area contributed by atoms with Crippen LogP contribution in [0.2, 0.25) is 15.1 Å². The van der Waals surface area contributed by atoms with Crippen LogP contribution in [-0.4, -0.2) is 9.13 Å². The Morgan fingerprint density at radius 2 is 0.378 bits per heavy atom. The van der Waals surface area contributed by atoms with Crippen LogP contribution in [0.3, 0.4) is 0 Å². The van der Waals surface area contributed by atoms with Gasteiger partial charge in [-0.2, -0.15) is 0 Å². The molecular weight excluding hydrogens is 1420 g/mol. The molecule has 0 radical (unpaired) electrons. The Labute approximate surface area is 660 Å². The summed E-state index contributed by atoms with van der Waals surface area (Å²) in [6.45, 7) is 0. The van der Waals surface area contributed by atoms with Crippen LogP contribution in [0.5, 0.6) is 0 Å². The Morgan fingerprint density at radius 1 is 0.162 bits per heavy atom. The van der Waals surface area contributed by atoms with Gasteiger partial charge in [-0.05, 0) is 214 Å².